The zero-order chi connectivity index (χ0) is 12.8. The molecule has 2 atom stereocenters. The molecule has 0 saturated heterocycles. The summed E-state index contributed by atoms with van der Waals surface area (Å²) in [6.07, 6.45) is 3.95. The lowest BCUT2D eigenvalue weighted by Gasteiger charge is -2.27. The van der Waals surface area contributed by atoms with Crippen LogP contribution in [0.1, 0.15) is 25.7 Å². The number of hydrogen-bond donors (Lipinski definition) is 2. The number of hydrogen-bond acceptors (Lipinski definition) is 4. The van der Waals surface area contributed by atoms with Gasteiger partial charge in [-0.25, -0.2) is 0 Å². The van der Waals surface area contributed by atoms with Crippen LogP contribution in [0, 0.1) is 5.92 Å². The maximum atomic E-state index is 11.7. The molecule has 18 heavy (non-hydrogen) atoms. The van der Waals surface area contributed by atoms with Gasteiger partial charge in [0, 0.05) is 12.5 Å². The number of thioether (sulfide) groups is 1. The Morgan fingerprint density at radius 2 is 2.33 bits per heavy atom. The summed E-state index contributed by atoms with van der Waals surface area (Å²) in [5, 5.41) is 14.7. The van der Waals surface area contributed by atoms with Crippen molar-refractivity contribution in [3.8, 4) is 0 Å². The Bertz CT molecular complexity index is 367. The molecule has 2 N–H and O–H groups in total. The van der Waals surface area contributed by atoms with Crippen LogP contribution in [0.4, 0.5) is 0 Å². The highest BCUT2D eigenvalue weighted by molar-refractivity contribution is 8.01. The average molecular weight is 285 g/mol. The quantitative estimate of drug-likeness (QED) is 0.817. The Hall–Kier alpha value is -0.520. The molecule has 0 aliphatic heterocycles. The Morgan fingerprint density at radius 1 is 1.50 bits per heavy atom. The second kappa shape index (κ2) is 7.16. The summed E-state index contributed by atoms with van der Waals surface area (Å²) in [5.74, 6) is 0.768. The fourth-order valence-electron chi connectivity index (χ4n) is 2.20. The summed E-state index contributed by atoms with van der Waals surface area (Å²) in [5.41, 5.74) is 0. The summed E-state index contributed by atoms with van der Waals surface area (Å²) in [6, 6.07) is 4.01. The van der Waals surface area contributed by atoms with Gasteiger partial charge in [0.1, 0.15) is 0 Å². The molecular weight excluding hydrogens is 266 g/mol. The highest BCUT2D eigenvalue weighted by Crippen LogP contribution is 2.24. The lowest BCUT2D eigenvalue weighted by Crippen LogP contribution is -2.37. The predicted molar refractivity (Wildman–Crippen MR) is 76.0 cm³/mol. The minimum absolute atomic E-state index is 0.0613. The number of carbonyl (C=O) groups excluding carboxylic acids is 1. The summed E-state index contributed by atoms with van der Waals surface area (Å²) >= 11 is 3.22. The highest BCUT2D eigenvalue weighted by atomic mass is 32.2. The fraction of sp³-hybridized carbons (Fsp3) is 0.615. The smallest absolute Gasteiger partial charge is 0.230 e. The van der Waals surface area contributed by atoms with Crippen LogP contribution < -0.4 is 5.32 Å². The average Bonchev–Trinajstić information content (AvgIpc) is 2.88. The minimum atomic E-state index is -0.232. The maximum Gasteiger partial charge on any atom is 0.230 e. The van der Waals surface area contributed by atoms with E-state index in [4.69, 9.17) is 0 Å². The third-order valence-corrected chi connectivity index (χ3v) is 5.40. The summed E-state index contributed by atoms with van der Waals surface area (Å²) in [6.45, 7) is 0.616. The summed E-state index contributed by atoms with van der Waals surface area (Å²) in [4.78, 5) is 11.7. The van der Waals surface area contributed by atoms with E-state index >= 15 is 0 Å². The van der Waals surface area contributed by atoms with Crippen molar-refractivity contribution in [1.82, 2.24) is 5.32 Å². The molecule has 2 rings (SSSR count). The fourth-order valence-corrected chi connectivity index (χ4v) is 3.82. The van der Waals surface area contributed by atoms with Gasteiger partial charge in [0.15, 0.2) is 0 Å². The Kier molecular flexibility index (Phi) is 5.53. The number of carbonyl (C=O) groups is 1. The van der Waals surface area contributed by atoms with Crippen LogP contribution >= 0.6 is 23.1 Å². The lowest BCUT2D eigenvalue weighted by atomic mass is 9.86. The van der Waals surface area contributed by atoms with E-state index in [-0.39, 0.29) is 17.9 Å². The van der Waals surface area contributed by atoms with Crippen LogP contribution in [0.25, 0.3) is 0 Å². The van der Waals surface area contributed by atoms with Crippen LogP contribution in [-0.4, -0.2) is 29.4 Å². The number of rotatable bonds is 5. The van der Waals surface area contributed by atoms with E-state index < -0.39 is 0 Å². The van der Waals surface area contributed by atoms with Gasteiger partial charge in [0.2, 0.25) is 5.91 Å². The molecule has 2 unspecified atom stereocenters. The minimum Gasteiger partial charge on any atom is -0.393 e. The Morgan fingerprint density at radius 3 is 3.06 bits per heavy atom. The van der Waals surface area contributed by atoms with Crippen molar-refractivity contribution in [2.45, 2.75) is 36.0 Å². The molecule has 1 heterocycles. The molecule has 1 amide bonds. The predicted octanol–water partition coefficient (Wildman–Crippen LogP) is 2.51. The first-order valence-electron chi connectivity index (χ1n) is 6.37. The van der Waals surface area contributed by atoms with E-state index in [2.05, 4.69) is 5.32 Å². The van der Waals surface area contributed by atoms with Crippen LogP contribution in [-0.2, 0) is 4.79 Å². The van der Waals surface area contributed by atoms with Gasteiger partial charge in [0.05, 0.1) is 16.1 Å². The van der Waals surface area contributed by atoms with Crippen LogP contribution in [0.15, 0.2) is 21.7 Å². The third kappa shape index (κ3) is 4.30. The molecular formula is C13H19NO2S2. The first-order chi connectivity index (χ1) is 8.75. The monoisotopic (exact) mass is 285 g/mol. The molecule has 1 aliphatic rings. The topological polar surface area (TPSA) is 49.3 Å². The third-order valence-electron chi connectivity index (χ3n) is 3.27. The van der Waals surface area contributed by atoms with Gasteiger partial charge in [-0.15, -0.1) is 23.1 Å². The van der Waals surface area contributed by atoms with Crippen LogP contribution in [0.2, 0.25) is 0 Å². The van der Waals surface area contributed by atoms with Gasteiger partial charge >= 0.3 is 0 Å². The van der Waals surface area contributed by atoms with Crippen molar-refractivity contribution in [1.29, 1.82) is 0 Å². The Labute approximate surface area is 116 Å². The normalized spacial score (nSPS) is 23.8. The van der Waals surface area contributed by atoms with Crippen LogP contribution in [0.5, 0.6) is 0 Å². The molecule has 100 valence electrons. The zero-order valence-corrected chi connectivity index (χ0v) is 11.9. The molecule has 1 saturated carbocycles. The molecule has 1 aliphatic carbocycles. The van der Waals surface area contributed by atoms with Gasteiger partial charge in [0.25, 0.3) is 0 Å². The van der Waals surface area contributed by atoms with Crippen molar-refractivity contribution in [3.63, 3.8) is 0 Å². The SMILES string of the molecule is O=C(CSc1cccs1)NCC1CCCCC1O. The molecule has 0 aromatic carbocycles. The molecule has 1 aromatic heterocycles. The standard InChI is InChI=1S/C13H19NO2S2/c15-11-5-2-1-4-10(11)8-14-12(16)9-18-13-6-3-7-17-13/h3,6-7,10-11,15H,1-2,4-5,8-9H2,(H,14,16). The van der Waals surface area contributed by atoms with Gasteiger partial charge in [-0.05, 0) is 24.3 Å². The molecule has 1 fully saturated rings. The van der Waals surface area contributed by atoms with E-state index in [1.807, 2.05) is 17.5 Å². The molecule has 0 radical (unpaired) electrons. The molecule has 5 heteroatoms. The van der Waals surface area contributed by atoms with E-state index in [0.717, 1.165) is 19.3 Å². The number of amides is 1. The van der Waals surface area contributed by atoms with E-state index in [1.54, 1.807) is 23.1 Å². The van der Waals surface area contributed by atoms with Crippen molar-refractivity contribution in [2.24, 2.45) is 5.92 Å². The number of aliphatic hydroxyl groups excluding tert-OH is 1. The van der Waals surface area contributed by atoms with E-state index in [1.165, 1.54) is 10.6 Å². The van der Waals surface area contributed by atoms with Crippen molar-refractivity contribution in [2.75, 3.05) is 12.3 Å². The largest absolute Gasteiger partial charge is 0.393 e. The van der Waals surface area contributed by atoms with Crippen LogP contribution in [0.3, 0.4) is 0 Å². The molecule has 1 aromatic rings. The highest BCUT2D eigenvalue weighted by Gasteiger charge is 2.23. The second-order valence-corrected chi connectivity index (χ2v) is 6.86. The zero-order valence-electron chi connectivity index (χ0n) is 10.3. The lowest BCUT2D eigenvalue weighted by molar-refractivity contribution is -0.119. The maximum absolute atomic E-state index is 11.7. The van der Waals surface area contributed by atoms with Gasteiger partial charge in [-0.3, -0.25) is 4.79 Å². The number of nitrogens with one attached hydrogen (secondary N) is 1. The van der Waals surface area contributed by atoms with Crippen molar-refractivity contribution >= 4 is 29.0 Å². The van der Waals surface area contributed by atoms with Gasteiger partial charge in [-0.1, -0.05) is 18.9 Å². The first-order valence-corrected chi connectivity index (χ1v) is 8.23. The van der Waals surface area contributed by atoms with E-state index in [0.29, 0.717) is 12.3 Å². The van der Waals surface area contributed by atoms with Gasteiger partial charge < -0.3 is 10.4 Å². The number of aliphatic hydroxyl groups is 1. The van der Waals surface area contributed by atoms with Crippen molar-refractivity contribution in [3.05, 3.63) is 17.5 Å². The van der Waals surface area contributed by atoms with Gasteiger partial charge in [-0.2, -0.15) is 0 Å². The Balaban J connectivity index is 1.65. The molecule has 0 spiro atoms. The summed E-state index contributed by atoms with van der Waals surface area (Å²) < 4.78 is 1.17. The van der Waals surface area contributed by atoms with Crippen molar-refractivity contribution < 1.29 is 9.90 Å². The van der Waals surface area contributed by atoms with E-state index in [9.17, 15) is 9.90 Å². The first kappa shape index (κ1) is 13.9. The number of thiophene rings is 1. The molecule has 3 nitrogen and oxygen atoms in total. The summed E-state index contributed by atoms with van der Waals surface area (Å²) in [7, 11) is 0. The molecule has 0 bridgehead atoms. The second-order valence-electron chi connectivity index (χ2n) is 4.64.